The van der Waals surface area contributed by atoms with E-state index in [1.807, 2.05) is 22.6 Å². The molecule has 5 heteroatoms. The quantitative estimate of drug-likeness (QED) is 0.518. The Morgan fingerprint density at radius 1 is 1.15 bits per heavy atom. The minimum absolute atomic E-state index is 0.374. The summed E-state index contributed by atoms with van der Waals surface area (Å²) in [7, 11) is 1.38. The summed E-state index contributed by atoms with van der Waals surface area (Å²) in [6.07, 6.45) is 4.07. The zero-order valence-electron chi connectivity index (χ0n) is 14.6. The van der Waals surface area contributed by atoms with Crippen molar-refractivity contribution in [3.63, 3.8) is 0 Å². The largest absolute Gasteiger partial charge is 0.465 e. The zero-order valence-corrected chi connectivity index (χ0v) is 14.6. The first-order chi connectivity index (χ1) is 12.7. The van der Waals surface area contributed by atoms with Crippen LogP contribution < -0.4 is 0 Å². The van der Waals surface area contributed by atoms with Crippen LogP contribution in [0, 0.1) is 6.92 Å². The highest BCUT2D eigenvalue weighted by molar-refractivity contribution is 5.89. The first-order valence-corrected chi connectivity index (χ1v) is 8.34. The molecule has 0 radical (unpaired) electrons. The molecule has 3 aromatic heterocycles. The molecule has 4 rings (SSSR count). The molecule has 0 amide bonds. The van der Waals surface area contributed by atoms with Gasteiger partial charge in [-0.05, 0) is 36.8 Å². The Bertz CT molecular complexity index is 1060. The first kappa shape index (κ1) is 16.1. The maximum Gasteiger partial charge on any atom is 0.339 e. The number of aryl methyl sites for hydroxylation is 1. The predicted octanol–water partition coefficient (Wildman–Crippen LogP) is 4.28. The molecule has 0 bridgehead atoms. The molecule has 1 aromatic carbocycles. The second-order valence-corrected chi connectivity index (χ2v) is 6.18. The van der Waals surface area contributed by atoms with E-state index in [1.165, 1.54) is 12.7 Å². The van der Waals surface area contributed by atoms with E-state index in [0.29, 0.717) is 17.7 Å². The third-order valence-corrected chi connectivity index (χ3v) is 4.39. The van der Waals surface area contributed by atoms with E-state index < -0.39 is 0 Å². The Hall–Kier alpha value is -3.34. The van der Waals surface area contributed by atoms with E-state index in [2.05, 4.69) is 31.2 Å². The molecule has 0 aliphatic carbocycles. The summed E-state index contributed by atoms with van der Waals surface area (Å²) < 4.78 is 12.4. The number of hydrogen-bond acceptors (Lipinski definition) is 4. The van der Waals surface area contributed by atoms with Crippen molar-refractivity contribution in [2.45, 2.75) is 13.3 Å². The van der Waals surface area contributed by atoms with E-state index in [1.54, 1.807) is 18.5 Å². The molecule has 130 valence electrons. The van der Waals surface area contributed by atoms with Crippen molar-refractivity contribution in [1.82, 2.24) is 9.38 Å². The van der Waals surface area contributed by atoms with Gasteiger partial charge in [0, 0.05) is 12.6 Å². The van der Waals surface area contributed by atoms with E-state index in [4.69, 9.17) is 14.1 Å². The Kier molecular flexibility index (Phi) is 4.05. The smallest absolute Gasteiger partial charge is 0.339 e. The van der Waals surface area contributed by atoms with Crippen LogP contribution in [0.15, 0.2) is 65.4 Å². The number of methoxy groups -OCH3 is 1. The van der Waals surface area contributed by atoms with Crippen molar-refractivity contribution >= 4 is 11.6 Å². The van der Waals surface area contributed by atoms with Gasteiger partial charge in [0.25, 0.3) is 0 Å². The number of furan rings is 1. The number of esters is 1. The number of aromatic nitrogens is 2. The lowest BCUT2D eigenvalue weighted by molar-refractivity contribution is 0.0600. The van der Waals surface area contributed by atoms with Crippen LogP contribution in [0.3, 0.4) is 0 Å². The Balaban J connectivity index is 1.89. The fourth-order valence-electron chi connectivity index (χ4n) is 3.01. The van der Waals surface area contributed by atoms with E-state index in [-0.39, 0.29) is 5.97 Å². The number of nitrogens with zero attached hydrogens (tertiary/aromatic N) is 2. The number of ether oxygens (including phenoxy) is 1. The maximum atomic E-state index is 11.9. The number of imidazole rings is 1. The van der Waals surface area contributed by atoms with Gasteiger partial charge >= 0.3 is 5.97 Å². The lowest BCUT2D eigenvalue weighted by Gasteiger charge is -2.06. The first-order valence-electron chi connectivity index (χ1n) is 8.34. The summed E-state index contributed by atoms with van der Waals surface area (Å²) in [6, 6.07) is 15.6. The van der Waals surface area contributed by atoms with Gasteiger partial charge in [-0.2, -0.15) is 0 Å². The number of pyridine rings is 1. The summed E-state index contributed by atoms with van der Waals surface area (Å²) in [6.45, 7) is 2.06. The van der Waals surface area contributed by atoms with Crippen molar-refractivity contribution in [2.75, 3.05) is 7.11 Å². The van der Waals surface area contributed by atoms with Gasteiger partial charge in [-0.3, -0.25) is 0 Å². The number of rotatable bonds is 4. The Morgan fingerprint density at radius 3 is 2.65 bits per heavy atom. The van der Waals surface area contributed by atoms with Crippen LogP contribution >= 0.6 is 0 Å². The molecular weight excluding hydrogens is 328 g/mol. The third kappa shape index (κ3) is 2.88. The van der Waals surface area contributed by atoms with Gasteiger partial charge in [-0.25, -0.2) is 9.78 Å². The lowest BCUT2D eigenvalue weighted by Crippen LogP contribution is -2.04. The standard InChI is InChI=1S/C21H18N2O3/c1-14-5-7-15(8-6-14)12-17-20(18-4-3-11-26-18)22-19-10-9-16(13-23(17)19)21(24)25-2/h3-11,13H,12H2,1-2H3. The minimum atomic E-state index is -0.374. The molecule has 0 spiro atoms. The molecule has 5 nitrogen and oxygen atoms in total. The van der Waals surface area contributed by atoms with E-state index in [9.17, 15) is 4.79 Å². The van der Waals surface area contributed by atoms with Crippen molar-refractivity contribution in [3.05, 3.63) is 83.4 Å². The summed E-state index contributed by atoms with van der Waals surface area (Å²) in [4.78, 5) is 16.6. The summed E-state index contributed by atoms with van der Waals surface area (Å²) >= 11 is 0. The third-order valence-electron chi connectivity index (χ3n) is 4.39. The molecule has 0 aliphatic rings. The van der Waals surface area contributed by atoms with Gasteiger partial charge < -0.3 is 13.6 Å². The van der Waals surface area contributed by atoms with Gasteiger partial charge in [0.05, 0.1) is 24.6 Å². The number of fused-ring (bicyclic) bond motifs is 1. The van der Waals surface area contributed by atoms with Crippen LogP contribution in [0.2, 0.25) is 0 Å². The summed E-state index contributed by atoms with van der Waals surface area (Å²) in [5.41, 5.74) is 5.35. The van der Waals surface area contributed by atoms with E-state index in [0.717, 1.165) is 22.6 Å². The van der Waals surface area contributed by atoms with Gasteiger partial charge in [0.1, 0.15) is 11.3 Å². The van der Waals surface area contributed by atoms with Gasteiger partial charge in [0.2, 0.25) is 0 Å². The Labute approximate surface area is 150 Å². The zero-order chi connectivity index (χ0) is 18.1. The second kappa shape index (κ2) is 6.52. The van der Waals surface area contributed by atoms with Crippen LogP contribution in [0.4, 0.5) is 0 Å². The van der Waals surface area contributed by atoms with Gasteiger partial charge in [-0.15, -0.1) is 0 Å². The highest BCUT2D eigenvalue weighted by Crippen LogP contribution is 2.27. The van der Waals surface area contributed by atoms with Crippen LogP contribution in [-0.2, 0) is 11.2 Å². The molecule has 0 atom stereocenters. The fraction of sp³-hybridized carbons (Fsp3) is 0.143. The topological polar surface area (TPSA) is 56.7 Å². The molecule has 0 N–H and O–H groups in total. The SMILES string of the molecule is COC(=O)c1ccc2nc(-c3ccco3)c(Cc3ccc(C)cc3)n2c1. The number of benzene rings is 1. The minimum Gasteiger partial charge on any atom is -0.465 e. The molecule has 3 heterocycles. The van der Waals surface area contributed by atoms with Crippen LogP contribution in [0.5, 0.6) is 0 Å². The molecule has 0 saturated carbocycles. The van der Waals surface area contributed by atoms with Crippen LogP contribution in [0.25, 0.3) is 17.1 Å². The number of hydrogen-bond donors (Lipinski definition) is 0. The lowest BCUT2D eigenvalue weighted by atomic mass is 10.1. The van der Waals surface area contributed by atoms with Crippen molar-refractivity contribution in [3.8, 4) is 11.5 Å². The second-order valence-electron chi connectivity index (χ2n) is 6.18. The average molecular weight is 346 g/mol. The molecule has 0 fully saturated rings. The molecule has 4 aromatic rings. The maximum absolute atomic E-state index is 11.9. The summed E-state index contributed by atoms with van der Waals surface area (Å²) in [5.74, 6) is 0.330. The normalized spacial score (nSPS) is 11.0. The Morgan fingerprint density at radius 2 is 1.96 bits per heavy atom. The monoisotopic (exact) mass is 346 g/mol. The van der Waals surface area contributed by atoms with Crippen molar-refractivity contribution < 1.29 is 13.9 Å². The molecule has 0 saturated heterocycles. The molecular formula is C21H18N2O3. The van der Waals surface area contributed by atoms with Crippen LogP contribution in [-0.4, -0.2) is 22.5 Å². The number of carbonyl (C=O) groups excluding carboxylic acids is 1. The molecule has 0 unspecified atom stereocenters. The van der Waals surface area contributed by atoms with Crippen molar-refractivity contribution in [1.29, 1.82) is 0 Å². The van der Waals surface area contributed by atoms with Crippen molar-refractivity contribution in [2.24, 2.45) is 0 Å². The highest BCUT2D eigenvalue weighted by atomic mass is 16.5. The molecule has 26 heavy (non-hydrogen) atoms. The van der Waals surface area contributed by atoms with Gasteiger partial charge in [0.15, 0.2) is 5.76 Å². The predicted molar refractivity (Wildman–Crippen MR) is 98.2 cm³/mol. The van der Waals surface area contributed by atoms with Gasteiger partial charge in [-0.1, -0.05) is 29.8 Å². The van der Waals surface area contributed by atoms with Crippen LogP contribution in [0.1, 0.15) is 27.2 Å². The van der Waals surface area contributed by atoms with E-state index >= 15 is 0 Å². The summed E-state index contributed by atoms with van der Waals surface area (Å²) in [5, 5.41) is 0. The number of carbonyl (C=O) groups is 1. The highest BCUT2D eigenvalue weighted by Gasteiger charge is 2.18. The molecule has 0 aliphatic heterocycles. The fourth-order valence-corrected chi connectivity index (χ4v) is 3.01. The average Bonchev–Trinajstić information content (AvgIpc) is 3.30.